The zero-order chi connectivity index (χ0) is 20.9. The van der Waals surface area contributed by atoms with Crippen molar-refractivity contribution in [2.75, 3.05) is 18.1 Å². The van der Waals surface area contributed by atoms with E-state index >= 15 is 0 Å². The normalized spacial score (nSPS) is 11.7. The maximum absolute atomic E-state index is 12.8. The molecule has 0 aliphatic heterocycles. The maximum Gasteiger partial charge on any atom is 0.257 e. The van der Waals surface area contributed by atoms with E-state index in [4.69, 9.17) is 4.74 Å². The third-order valence-electron chi connectivity index (χ3n) is 4.63. The molecule has 29 heavy (non-hydrogen) atoms. The van der Waals surface area contributed by atoms with Gasteiger partial charge in [0, 0.05) is 17.4 Å². The van der Waals surface area contributed by atoms with Crippen LogP contribution in [0.4, 0.5) is 11.4 Å². The number of carbonyl (C=O) groups is 2. The topological polar surface area (TPSA) is 58.6 Å². The molecule has 1 N–H and O–H groups in total. The second-order valence-electron chi connectivity index (χ2n) is 7.21. The number of nitrogens with one attached hydrogen (secondary N) is 1. The number of hydrogen-bond acceptors (Lipinski definition) is 3. The van der Waals surface area contributed by atoms with Gasteiger partial charge in [0.2, 0.25) is 5.91 Å². The van der Waals surface area contributed by atoms with Crippen molar-refractivity contribution in [3.63, 3.8) is 0 Å². The molecule has 0 fully saturated rings. The van der Waals surface area contributed by atoms with Crippen molar-refractivity contribution in [2.24, 2.45) is 0 Å². The minimum atomic E-state index is -0.220. The molecule has 0 bridgehead atoms. The van der Waals surface area contributed by atoms with Crippen molar-refractivity contribution in [3.05, 3.63) is 60.7 Å². The van der Waals surface area contributed by atoms with Crippen LogP contribution in [0.2, 0.25) is 0 Å². The number of rotatable bonds is 12. The number of ether oxygens (including phenoxy) is 1. The van der Waals surface area contributed by atoms with Gasteiger partial charge in [-0.25, -0.2) is 0 Å². The van der Waals surface area contributed by atoms with Gasteiger partial charge in [-0.1, -0.05) is 69.0 Å². The predicted octanol–water partition coefficient (Wildman–Crippen LogP) is 4.84. The summed E-state index contributed by atoms with van der Waals surface area (Å²) in [5, 5.41) is 2.93. The molecule has 0 unspecified atom stereocenters. The van der Waals surface area contributed by atoms with Crippen LogP contribution in [0.15, 0.2) is 60.7 Å². The van der Waals surface area contributed by atoms with Crippen molar-refractivity contribution in [2.45, 2.75) is 52.0 Å². The van der Waals surface area contributed by atoms with Crippen LogP contribution in [0.1, 0.15) is 46.0 Å². The van der Waals surface area contributed by atoms with Gasteiger partial charge in [-0.15, -0.1) is 0 Å². The molecule has 5 heteroatoms. The van der Waals surface area contributed by atoms with Gasteiger partial charge in [-0.3, -0.25) is 14.5 Å². The van der Waals surface area contributed by atoms with E-state index < -0.39 is 0 Å². The van der Waals surface area contributed by atoms with Gasteiger partial charge in [0.1, 0.15) is 13.2 Å². The van der Waals surface area contributed by atoms with Crippen molar-refractivity contribution in [3.8, 4) is 0 Å². The Morgan fingerprint density at radius 2 is 1.48 bits per heavy atom. The van der Waals surface area contributed by atoms with Crippen molar-refractivity contribution < 1.29 is 14.3 Å². The van der Waals surface area contributed by atoms with Crippen LogP contribution in [-0.4, -0.2) is 31.1 Å². The van der Waals surface area contributed by atoms with Crippen LogP contribution in [0.25, 0.3) is 0 Å². The molecule has 156 valence electrons. The summed E-state index contributed by atoms with van der Waals surface area (Å²) in [7, 11) is 0. The summed E-state index contributed by atoms with van der Waals surface area (Å²) < 4.78 is 5.42. The van der Waals surface area contributed by atoms with Crippen molar-refractivity contribution in [1.82, 2.24) is 5.32 Å². The highest BCUT2D eigenvalue weighted by Crippen LogP contribution is 2.25. The first kappa shape index (κ1) is 22.6. The fourth-order valence-electron chi connectivity index (χ4n) is 3.15. The number of amides is 2. The number of unbranched alkanes of at least 4 members (excludes halogenated alkanes) is 3. The second kappa shape index (κ2) is 12.7. The van der Waals surface area contributed by atoms with Gasteiger partial charge in [0.15, 0.2) is 0 Å². The largest absolute Gasteiger partial charge is 0.362 e. The molecule has 2 rings (SSSR count). The summed E-state index contributed by atoms with van der Waals surface area (Å²) in [5.74, 6) is -0.408. The molecule has 0 spiro atoms. The average molecular weight is 397 g/mol. The summed E-state index contributed by atoms with van der Waals surface area (Å²) >= 11 is 0. The number of benzene rings is 2. The van der Waals surface area contributed by atoms with Crippen LogP contribution in [0, 0.1) is 0 Å². The van der Waals surface area contributed by atoms with E-state index in [0.717, 1.165) is 24.2 Å². The molecule has 1 atom stereocenters. The van der Waals surface area contributed by atoms with E-state index in [-0.39, 0.29) is 31.1 Å². The minimum absolute atomic E-state index is 0.115. The highest BCUT2D eigenvalue weighted by atomic mass is 16.5. The molecule has 2 aromatic carbocycles. The average Bonchev–Trinajstić information content (AvgIpc) is 2.73. The molecule has 2 amide bonds. The molecule has 0 aliphatic carbocycles. The number of para-hydroxylation sites is 2. The molecule has 0 aliphatic rings. The number of anilines is 2. The third-order valence-corrected chi connectivity index (χ3v) is 4.63. The van der Waals surface area contributed by atoms with Gasteiger partial charge < -0.3 is 10.1 Å². The molecular formula is C24H32N2O3. The summed E-state index contributed by atoms with van der Waals surface area (Å²) in [6, 6.07) is 18.9. The van der Waals surface area contributed by atoms with Crippen LogP contribution in [0.3, 0.4) is 0 Å². The SMILES string of the molecule is CCCCCC[C@H](C)NC(=O)COCC(=O)N(c1ccccc1)c1ccccc1. The van der Waals surface area contributed by atoms with Crippen LogP contribution in [-0.2, 0) is 14.3 Å². The standard InChI is InChI=1S/C24H32N2O3/c1-3-4-5-8-13-20(2)25-23(27)18-29-19-24(28)26(21-14-9-6-10-15-21)22-16-11-7-12-17-22/h6-7,9-12,14-17,20H,3-5,8,13,18-19H2,1-2H3,(H,25,27)/t20-/m0/s1. The van der Waals surface area contributed by atoms with E-state index in [0.29, 0.717) is 0 Å². The Kier molecular flexibility index (Phi) is 9.93. The van der Waals surface area contributed by atoms with Crippen LogP contribution < -0.4 is 10.2 Å². The number of nitrogens with zero attached hydrogens (tertiary/aromatic N) is 1. The summed E-state index contributed by atoms with van der Waals surface area (Å²) in [6.07, 6.45) is 5.69. The Balaban J connectivity index is 1.83. The van der Waals surface area contributed by atoms with Crippen molar-refractivity contribution in [1.29, 1.82) is 0 Å². The third kappa shape index (κ3) is 8.08. The Morgan fingerprint density at radius 3 is 2.03 bits per heavy atom. The number of hydrogen-bond donors (Lipinski definition) is 1. The fourth-order valence-corrected chi connectivity index (χ4v) is 3.15. The molecule has 5 nitrogen and oxygen atoms in total. The van der Waals surface area contributed by atoms with Gasteiger partial charge in [0.05, 0.1) is 0 Å². The Hall–Kier alpha value is -2.66. The van der Waals surface area contributed by atoms with E-state index in [9.17, 15) is 9.59 Å². The lowest BCUT2D eigenvalue weighted by atomic mass is 10.1. The zero-order valence-corrected chi connectivity index (χ0v) is 17.5. The molecule has 2 aromatic rings. The molecule has 0 aromatic heterocycles. The monoisotopic (exact) mass is 396 g/mol. The Morgan fingerprint density at radius 1 is 0.897 bits per heavy atom. The first-order valence-electron chi connectivity index (χ1n) is 10.4. The lowest BCUT2D eigenvalue weighted by molar-refractivity contribution is -0.129. The first-order chi connectivity index (χ1) is 14.1. The molecule has 0 radical (unpaired) electrons. The second-order valence-corrected chi connectivity index (χ2v) is 7.21. The van der Waals surface area contributed by atoms with Gasteiger partial charge in [-0.05, 0) is 37.6 Å². The summed E-state index contributed by atoms with van der Waals surface area (Å²) in [5.41, 5.74) is 1.52. The Labute approximate surface area is 174 Å². The lowest BCUT2D eigenvalue weighted by Gasteiger charge is -2.23. The lowest BCUT2D eigenvalue weighted by Crippen LogP contribution is -2.37. The molecular weight excluding hydrogens is 364 g/mol. The van der Waals surface area contributed by atoms with E-state index in [2.05, 4.69) is 12.2 Å². The maximum atomic E-state index is 12.8. The van der Waals surface area contributed by atoms with Gasteiger partial charge >= 0.3 is 0 Å². The van der Waals surface area contributed by atoms with Crippen LogP contribution in [0.5, 0.6) is 0 Å². The zero-order valence-electron chi connectivity index (χ0n) is 17.5. The van der Waals surface area contributed by atoms with E-state index in [1.54, 1.807) is 4.90 Å². The molecule has 0 heterocycles. The van der Waals surface area contributed by atoms with Crippen LogP contribution >= 0.6 is 0 Å². The fraction of sp³-hybridized carbons (Fsp3) is 0.417. The number of carbonyl (C=O) groups excluding carboxylic acids is 2. The molecule has 0 saturated heterocycles. The summed E-state index contributed by atoms with van der Waals surface area (Å²) in [4.78, 5) is 26.5. The highest BCUT2D eigenvalue weighted by Gasteiger charge is 2.18. The van der Waals surface area contributed by atoms with Crippen molar-refractivity contribution >= 4 is 23.2 Å². The quantitative estimate of drug-likeness (QED) is 0.522. The molecule has 0 saturated carbocycles. The van der Waals surface area contributed by atoms with E-state index in [1.165, 1.54) is 19.3 Å². The highest BCUT2D eigenvalue weighted by molar-refractivity contribution is 6.01. The smallest absolute Gasteiger partial charge is 0.257 e. The minimum Gasteiger partial charge on any atom is -0.362 e. The Bertz CT molecular complexity index is 695. The van der Waals surface area contributed by atoms with E-state index in [1.807, 2.05) is 67.6 Å². The van der Waals surface area contributed by atoms with Gasteiger partial charge in [0.25, 0.3) is 5.91 Å². The predicted molar refractivity (Wildman–Crippen MR) is 117 cm³/mol. The van der Waals surface area contributed by atoms with Gasteiger partial charge in [-0.2, -0.15) is 0 Å². The first-order valence-corrected chi connectivity index (χ1v) is 10.4. The summed E-state index contributed by atoms with van der Waals surface area (Å²) in [6.45, 7) is 3.90.